The van der Waals surface area contributed by atoms with E-state index >= 15 is 0 Å². The molecule has 12 nitrogen and oxygen atoms in total. The van der Waals surface area contributed by atoms with Gasteiger partial charge in [0.1, 0.15) is 0 Å². The van der Waals surface area contributed by atoms with Crippen molar-refractivity contribution in [2.45, 2.75) is 0 Å². The highest BCUT2D eigenvalue weighted by atomic mass is 16.5. The molecule has 0 spiro atoms. The summed E-state index contributed by atoms with van der Waals surface area (Å²) in [4.78, 5) is 0. The van der Waals surface area contributed by atoms with Crippen LogP contribution in [0.4, 0.5) is 0 Å². The first-order chi connectivity index (χ1) is 14.9. The summed E-state index contributed by atoms with van der Waals surface area (Å²) in [6, 6.07) is 21.9. The van der Waals surface area contributed by atoms with Crippen LogP contribution in [0, 0.1) is 0 Å². The average Bonchev–Trinajstić information content (AvgIpc) is 2.64. The Kier molecular flexibility index (Phi) is 14.4. The monoisotopic (exact) mass is 450 g/mol. The van der Waals surface area contributed by atoms with E-state index in [2.05, 4.69) is 60.7 Å². The third-order valence-corrected chi connectivity index (χ3v) is 3.39. The molecule has 0 saturated carbocycles. The molecule has 4 aromatic carbocycles. The summed E-state index contributed by atoms with van der Waals surface area (Å²) < 4.78 is 0. The van der Waals surface area contributed by atoms with Crippen molar-refractivity contribution >= 4 is 61.6 Å². The van der Waals surface area contributed by atoms with E-state index in [0.29, 0.717) is 0 Å². The number of hydrogen-bond acceptors (Lipinski definition) is 12. The lowest BCUT2D eigenvalue weighted by molar-refractivity contribution is 0.276. The van der Waals surface area contributed by atoms with Gasteiger partial charge in [0, 0.05) is 0 Å². The highest BCUT2D eigenvalue weighted by Crippen LogP contribution is 2.33. The SMILES string of the molecule is OB(O)O.OB(O)O.OB(O)O.OB(O)O.c1cc2ccc3cccc4ccc(c1)c2c34. The van der Waals surface area contributed by atoms with Crippen LogP contribution in [-0.4, -0.2) is 89.6 Å². The topological polar surface area (TPSA) is 243 Å². The van der Waals surface area contributed by atoms with Crippen molar-refractivity contribution in [1.82, 2.24) is 0 Å². The van der Waals surface area contributed by atoms with Gasteiger partial charge in [-0.05, 0) is 32.3 Å². The lowest BCUT2D eigenvalue weighted by atomic mass is 9.95. The van der Waals surface area contributed by atoms with Crippen LogP contribution in [0.3, 0.4) is 0 Å². The summed E-state index contributed by atoms with van der Waals surface area (Å²) >= 11 is 0. The minimum atomic E-state index is -2.17. The molecule has 0 atom stereocenters. The Morgan fingerprint density at radius 2 is 0.469 bits per heavy atom. The molecule has 32 heavy (non-hydrogen) atoms. The van der Waals surface area contributed by atoms with Crippen molar-refractivity contribution in [2.24, 2.45) is 0 Å². The van der Waals surface area contributed by atoms with Crippen LogP contribution in [0.15, 0.2) is 60.7 Å². The van der Waals surface area contributed by atoms with E-state index < -0.39 is 29.3 Å². The van der Waals surface area contributed by atoms with Gasteiger partial charge in [-0.2, -0.15) is 0 Å². The molecular formula is C16H22B4O12. The molecule has 0 aliphatic heterocycles. The van der Waals surface area contributed by atoms with E-state index in [4.69, 9.17) is 60.3 Å². The Morgan fingerprint density at radius 3 is 0.625 bits per heavy atom. The maximum absolute atomic E-state index is 7.17. The normalized spacial score (nSPS) is 9.25. The van der Waals surface area contributed by atoms with E-state index in [-0.39, 0.29) is 0 Å². The third kappa shape index (κ3) is 12.5. The Balaban J connectivity index is 0.000000501. The summed E-state index contributed by atoms with van der Waals surface area (Å²) in [7, 11) is -8.67. The van der Waals surface area contributed by atoms with Crippen LogP contribution in [0.2, 0.25) is 0 Å². The first kappa shape index (κ1) is 29.7. The van der Waals surface area contributed by atoms with E-state index in [0.717, 1.165) is 0 Å². The second kappa shape index (κ2) is 15.5. The smallest absolute Gasteiger partial charge is 0.402 e. The quantitative estimate of drug-likeness (QED) is 0.0919. The zero-order valence-electron chi connectivity index (χ0n) is 16.4. The maximum Gasteiger partial charge on any atom is 0.631 e. The van der Waals surface area contributed by atoms with Crippen LogP contribution in [0.25, 0.3) is 32.3 Å². The van der Waals surface area contributed by atoms with Crippen LogP contribution >= 0.6 is 0 Å². The van der Waals surface area contributed by atoms with Crippen molar-refractivity contribution in [3.8, 4) is 0 Å². The molecule has 0 bridgehead atoms. The minimum Gasteiger partial charge on any atom is -0.402 e. The van der Waals surface area contributed by atoms with Gasteiger partial charge >= 0.3 is 29.3 Å². The molecule has 12 N–H and O–H groups in total. The Morgan fingerprint density at radius 1 is 0.312 bits per heavy atom. The van der Waals surface area contributed by atoms with Gasteiger partial charge in [0.05, 0.1) is 0 Å². The molecule has 4 rings (SSSR count). The molecule has 4 aromatic rings. The highest BCUT2D eigenvalue weighted by Gasteiger charge is 2.06. The van der Waals surface area contributed by atoms with Gasteiger partial charge in [0.2, 0.25) is 0 Å². The fourth-order valence-corrected chi connectivity index (χ4v) is 2.67. The van der Waals surface area contributed by atoms with Crippen molar-refractivity contribution in [3.63, 3.8) is 0 Å². The van der Waals surface area contributed by atoms with E-state index in [1.165, 1.54) is 32.3 Å². The van der Waals surface area contributed by atoms with Gasteiger partial charge in [0.25, 0.3) is 0 Å². The second-order valence-corrected chi connectivity index (χ2v) is 5.68. The molecule has 170 valence electrons. The molecule has 0 saturated heterocycles. The lowest BCUT2D eigenvalue weighted by Crippen LogP contribution is -2.07. The van der Waals surface area contributed by atoms with Gasteiger partial charge in [-0.25, -0.2) is 0 Å². The average molecular weight is 450 g/mol. The fourth-order valence-electron chi connectivity index (χ4n) is 2.67. The van der Waals surface area contributed by atoms with Crippen LogP contribution in [0.1, 0.15) is 0 Å². The standard InChI is InChI=1S/C16H10.4BH3O3/c1-3-11-7-9-13-5-2-6-14-10-8-12(4-1)15(11)16(13)14;4*2-1(3)4/h1-10H;4*2-4H. The Hall–Kier alpha value is -2.30. The number of benzene rings is 4. The summed E-state index contributed by atoms with van der Waals surface area (Å²) in [5.74, 6) is 0. The van der Waals surface area contributed by atoms with E-state index in [1.54, 1.807) is 0 Å². The van der Waals surface area contributed by atoms with Crippen LogP contribution in [-0.2, 0) is 0 Å². The van der Waals surface area contributed by atoms with Crippen molar-refractivity contribution in [2.75, 3.05) is 0 Å². The molecule has 0 unspecified atom stereocenters. The Bertz CT molecular complexity index is 853. The van der Waals surface area contributed by atoms with Crippen LogP contribution in [0.5, 0.6) is 0 Å². The molecule has 0 heterocycles. The van der Waals surface area contributed by atoms with Crippen LogP contribution < -0.4 is 0 Å². The van der Waals surface area contributed by atoms with Gasteiger partial charge in [-0.15, -0.1) is 0 Å². The zero-order chi connectivity index (χ0) is 24.8. The van der Waals surface area contributed by atoms with E-state index in [9.17, 15) is 0 Å². The Labute approximate surface area is 183 Å². The van der Waals surface area contributed by atoms with E-state index in [1.807, 2.05) is 0 Å². The molecule has 0 aliphatic rings. The largest absolute Gasteiger partial charge is 0.631 e. The van der Waals surface area contributed by atoms with Crippen molar-refractivity contribution in [1.29, 1.82) is 0 Å². The van der Waals surface area contributed by atoms with Crippen molar-refractivity contribution in [3.05, 3.63) is 60.7 Å². The first-order valence-electron chi connectivity index (χ1n) is 8.66. The highest BCUT2D eigenvalue weighted by molar-refractivity contribution is 6.31. The molecule has 0 fully saturated rings. The number of hydrogen-bond donors (Lipinski definition) is 12. The fraction of sp³-hybridized carbons (Fsp3) is 0. The molecular weight excluding hydrogens is 427 g/mol. The molecule has 0 aliphatic carbocycles. The summed E-state index contributed by atoms with van der Waals surface area (Å²) in [5, 5.41) is 94.1. The third-order valence-electron chi connectivity index (χ3n) is 3.39. The summed E-state index contributed by atoms with van der Waals surface area (Å²) in [5.41, 5.74) is 0. The summed E-state index contributed by atoms with van der Waals surface area (Å²) in [6.07, 6.45) is 0. The second-order valence-electron chi connectivity index (χ2n) is 5.68. The zero-order valence-corrected chi connectivity index (χ0v) is 16.4. The van der Waals surface area contributed by atoms with Gasteiger partial charge in [-0.1, -0.05) is 60.7 Å². The van der Waals surface area contributed by atoms with Gasteiger partial charge in [-0.3, -0.25) is 0 Å². The summed E-state index contributed by atoms with van der Waals surface area (Å²) in [6.45, 7) is 0. The van der Waals surface area contributed by atoms with Gasteiger partial charge in [0.15, 0.2) is 0 Å². The molecule has 0 radical (unpaired) electrons. The molecule has 16 heteroatoms. The predicted octanol–water partition coefficient (Wildman–Crippen LogP) is -3.62. The van der Waals surface area contributed by atoms with Gasteiger partial charge < -0.3 is 60.3 Å². The first-order valence-corrected chi connectivity index (χ1v) is 8.66. The molecule has 0 amide bonds. The van der Waals surface area contributed by atoms with Crippen molar-refractivity contribution < 1.29 is 60.3 Å². The maximum atomic E-state index is 7.17. The lowest BCUT2D eigenvalue weighted by Gasteiger charge is -2.09. The minimum absolute atomic E-state index is 1.34. The predicted molar refractivity (Wildman–Crippen MR) is 120 cm³/mol. The molecule has 0 aromatic heterocycles. The number of rotatable bonds is 0.